The molecule has 1 aromatic heterocycles. The van der Waals surface area contributed by atoms with Crippen molar-refractivity contribution in [2.75, 3.05) is 31.1 Å². The topological polar surface area (TPSA) is 43.4 Å². The maximum Gasteiger partial charge on any atom is 0.118 e. The van der Waals surface area contributed by atoms with Gasteiger partial charge < -0.3 is 9.32 Å². The minimum atomic E-state index is 0.758. The molecular weight excluding hydrogens is 274 g/mol. The Bertz CT molecular complexity index is 671. The summed E-state index contributed by atoms with van der Waals surface area (Å²) in [5.41, 5.74) is 3.03. The minimum Gasteiger partial charge on any atom is -0.465 e. The van der Waals surface area contributed by atoms with Gasteiger partial charge in [-0.1, -0.05) is 12.1 Å². The van der Waals surface area contributed by atoms with Crippen LogP contribution in [0.4, 0.5) is 5.69 Å². The van der Waals surface area contributed by atoms with Crippen molar-refractivity contribution in [2.24, 2.45) is 0 Å². The van der Waals surface area contributed by atoms with E-state index < -0.39 is 0 Å². The van der Waals surface area contributed by atoms with Gasteiger partial charge in [-0.3, -0.25) is 4.90 Å². The van der Waals surface area contributed by atoms with Crippen molar-refractivity contribution >= 4 is 5.69 Å². The van der Waals surface area contributed by atoms with Crippen LogP contribution in [-0.4, -0.2) is 31.1 Å². The molecule has 1 aliphatic rings. The largest absolute Gasteiger partial charge is 0.465 e. The van der Waals surface area contributed by atoms with Crippen LogP contribution in [0.5, 0.6) is 0 Å². The van der Waals surface area contributed by atoms with Gasteiger partial charge in [-0.15, -0.1) is 0 Å². The number of furan rings is 1. The number of hydrogen-bond donors (Lipinski definition) is 0. The Kier molecular flexibility index (Phi) is 4.17. The van der Waals surface area contributed by atoms with Crippen LogP contribution >= 0.6 is 0 Å². The normalized spacial score (nSPS) is 15.8. The highest BCUT2D eigenvalue weighted by Crippen LogP contribution is 2.22. The summed E-state index contributed by atoms with van der Waals surface area (Å²) in [6.45, 7) is 8.81. The number of rotatable bonds is 3. The first-order valence-electron chi connectivity index (χ1n) is 7.69. The molecule has 0 aliphatic carbocycles. The van der Waals surface area contributed by atoms with Gasteiger partial charge in [-0.2, -0.15) is 5.26 Å². The second-order valence-corrected chi connectivity index (χ2v) is 5.84. The van der Waals surface area contributed by atoms with Crippen LogP contribution in [0, 0.1) is 25.2 Å². The van der Waals surface area contributed by atoms with Gasteiger partial charge >= 0.3 is 0 Å². The second-order valence-electron chi connectivity index (χ2n) is 5.84. The van der Waals surface area contributed by atoms with Crippen LogP contribution < -0.4 is 4.90 Å². The Hall–Kier alpha value is -2.25. The molecule has 0 atom stereocenters. The SMILES string of the molecule is Cc1cc(CN2CCN(c3ccccc3C#N)CC2)oc1C. The highest BCUT2D eigenvalue weighted by molar-refractivity contribution is 5.59. The van der Waals surface area contributed by atoms with Crippen LogP contribution in [-0.2, 0) is 6.54 Å². The van der Waals surface area contributed by atoms with Gasteiger partial charge in [0.2, 0.25) is 0 Å². The first kappa shape index (κ1) is 14.7. The Morgan fingerprint density at radius 2 is 1.86 bits per heavy atom. The summed E-state index contributed by atoms with van der Waals surface area (Å²) in [6, 6.07) is 12.2. The smallest absolute Gasteiger partial charge is 0.118 e. The summed E-state index contributed by atoms with van der Waals surface area (Å²) in [4.78, 5) is 4.71. The molecule has 4 nitrogen and oxygen atoms in total. The molecule has 1 fully saturated rings. The molecule has 1 aliphatic heterocycles. The number of benzene rings is 1. The van der Waals surface area contributed by atoms with Gasteiger partial charge in [0.05, 0.1) is 17.8 Å². The van der Waals surface area contributed by atoms with E-state index in [0.29, 0.717) is 0 Å². The van der Waals surface area contributed by atoms with Crippen molar-refractivity contribution in [3.05, 3.63) is 53.0 Å². The maximum atomic E-state index is 9.22. The monoisotopic (exact) mass is 295 g/mol. The zero-order chi connectivity index (χ0) is 15.5. The maximum absolute atomic E-state index is 9.22. The average molecular weight is 295 g/mol. The van der Waals surface area contributed by atoms with Crippen molar-refractivity contribution in [1.29, 1.82) is 5.26 Å². The fraction of sp³-hybridized carbons (Fsp3) is 0.389. The molecule has 0 bridgehead atoms. The molecule has 1 saturated heterocycles. The molecule has 1 aromatic carbocycles. The van der Waals surface area contributed by atoms with Crippen molar-refractivity contribution in [3.8, 4) is 6.07 Å². The molecule has 2 aromatic rings. The van der Waals surface area contributed by atoms with E-state index in [0.717, 1.165) is 55.5 Å². The Labute approximate surface area is 131 Å². The van der Waals surface area contributed by atoms with E-state index in [4.69, 9.17) is 4.42 Å². The van der Waals surface area contributed by atoms with Crippen LogP contribution in [0.15, 0.2) is 34.7 Å². The molecule has 0 N–H and O–H groups in total. The number of hydrogen-bond acceptors (Lipinski definition) is 4. The summed E-state index contributed by atoms with van der Waals surface area (Å²) < 4.78 is 5.77. The summed E-state index contributed by atoms with van der Waals surface area (Å²) in [6.07, 6.45) is 0. The third-order valence-electron chi connectivity index (χ3n) is 4.33. The third-order valence-corrected chi connectivity index (χ3v) is 4.33. The molecule has 0 unspecified atom stereocenters. The summed E-state index contributed by atoms with van der Waals surface area (Å²) in [7, 11) is 0. The highest BCUT2D eigenvalue weighted by atomic mass is 16.3. The van der Waals surface area contributed by atoms with Crippen molar-refractivity contribution < 1.29 is 4.42 Å². The quantitative estimate of drug-likeness (QED) is 0.873. The summed E-state index contributed by atoms with van der Waals surface area (Å²) >= 11 is 0. The van der Waals surface area contributed by atoms with E-state index in [1.165, 1.54) is 5.56 Å². The molecule has 2 heterocycles. The first-order valence-corrected chi connectivity index (χ1v) is 7.69. The third kappa shape index (κ3) is 3.00. The highest BCUT2D eigenvalue weighted by Gasteiger charge is 2.20. The van der Waals surface area contributed by atoms with Crippen LogP contribution in [0.1, 0.15) is 22.6 Å². The Balaban J connectivity index is 1.62. The lowest BCUT2D eigenvalue weighted by molar-refractivity contribution is 0.229. The molecule has 0 saturated carbocycles. The zero-order valence-electron chi connectivity index (χ0n) is 13.2. The summed E-state index contributed by atoms with van der Waals surface area (Å²) in [5.74, 6) is 2.05. The van der Waals surface area contributed by atoms with Gasteiger partial charge in [0.1, 0.15) is 17.6 Å². The van der Waals surface area contributed by atoms with Crippen molar-refractivity contribution in [2.45, 2.75) is 20.4 Å². The lowest BCUT2D eigenvalue weighted by atomic mass is 10.1. The zero-order valence-corrected chi connectivity index (χ0v) is 13.2. The summed E-state index contributed by atoms with van der Waals surface area (Å²) in [5, 5.41) is 9.22. The van der Waals surface area contributed by atoms with E-state index in [1.54, 1.807) is 0 Å². The molecular formula is C18H21N3O. The minimum absolute atomic E-state index is 0.758. The molecule has 0 amide bonds. The lowest BCUT2D eigenvalue weighted by Gasteiger charge is -2.36. The van der Waals surface area contributed by atoms with Crippen LogP contribution in [0.2, 0.25) is 0 Å². The molecule has 114 valence electrons. The molecule has 3 rings (SSSR count). The predicted octanol–water partition coefficient (Wildman–Crippen LogP) is 3.09. The van der Waals surface area contributed by atoms with Crippen molar-refractivity contribution in [1.82, 2.24) is 4.90 Å². The first-order chi connectivity index (χ1) is 10.7. The standard InChI is InChI=1S/C18H21N3O/c1-14-11-17(22-15(14)2)13-20-7-9-21(10-8-20)18-6-4-3-5-16(18)12-19/h3-6,11H,7-10,13H2,1-2H3. The predicted molar refractivity (Wildman–Crippen MR) is 86.8 cm³/mol. The molecule has 22 heavy (non-hydrogen) atoms. The Morgan fingerprint density at radius 1 is 1.14 bits per heavy atom. The second kappa shape index (κ2) is 6.25. The van der Waals surface area contributed by atoms with Gasteiger partial charge in [0.25, 0.3) is 0 Å². The number of anilines is 1. The fourth-order valence-corrected chi connectivity index (χ4v) is 2.94. The number of nitrogens with zero attached hydrogens (tertiary/aromatic N) is 3. The number of para-hydroxylation sites is 1. The Morgan fingerprint density at radius 3 is 2.50 bits per heavy atom. The van der Waals surface area contributed by atoms with E-state index in [-0.39, 0.29) is 0 Å². The van der Waals surface area contributed by atoms with Crippen molar-refractivity contribution in [3.63, 3.8) is 0 Å². The van der Waals surface area contributed by atoms with E-state index in [2.05, 4.69) is 28.9 Å². The number of aryl methyl sites for hydroxylation is 2. The van der Waals surface area contributed by atoms with E-state index in [9.17, 15) is 5.26 Å². The van der Waals surface area contributed by atoms with E-state index >= 15 is 0 Å². The number of piperazine rings is 1. The molecule has 0 radical (unpaired) electrons. The lowest BCUT2D eigenvalue weighted by Crippen LogP contribution is -2.46. The average Bonchev–Trinajstić information content (AvgIpc) is 2.86. The van der Waals surface area contributed by atoms with E-state index in [1.807, 2.05) is 31.2 Å². The van der Waals surface area contributed by atoms with Gasteiger partial charge in [-0.05, 0) is 37.6 Å². The fourth-order valence-electron chi connectivity index (χ4n) is 2.94. The van der Waals surface area contributed by atoms with Gasteiger partial charge in [-0.25, -0.2) is 0 Å². The van der Waals surface area contributed by atoms with Crippen LogP contribution in [0.3, 0.4) is 0 Å². The molecule has 4 heteroatoms. The number of nitriles is 1. The van der Waals surface area contributed by atoms with Gasteiger partial charge in [0, 0.05) is 26.2 Å². The molecule has 0 spiro atoms. The van der Waals surface area contributed by atoms with Crippen LogP contribution in [0.25, 0.3) is 0 Å². The van der Waals surface area contributed by atoms with Gasteiger partial charge in [0.15, 0.2) is 0 Å².